The Bertz CT molecular complexity index is 310. The van der Waals surface area contributed by atoms with E-state index in [4.69, 9.17) is 0 Å². The first-order valence-electron chi connectivity index (χ1n) is 5.85. The molecule has 0 spiro atoms. The van der Waals surface area contributed by atoms with Crippen LogP contribution in [0, 0.1) is 11.8 Å². The van der Waals surface area contributed by atoms with Crippen molar-refractivity contribution >= 4 is 5.91 Å². The van der Waals surface area contributed by atoms with E-state index in [0.29, 0.717) is 12.8 Å². The van der Waals surface area contributed by atoms with Gasteiger partial charge in [-0.2, -0.15) is 0 Å². The number of nitrogens with zero attached hydrogens (tertiary/aromatic N) is 1. The van der Waals surface area contributed by atoms with Gasteiger partial charge in [0.15, 0.2) is 0 Å². The summed E-state index contributed by atoms with van der Waals surface area (Å²) in [5.74, 6) is -0.443. The summed E-state index contributed by atoms with van der Waals surface area (Å²) in [5, 5.41) is 30.1. The predicted molar refractivity (Wildman–Crippen MR) is 54.3 cm³/mol. The fraction of sp³-hybridized carbons (Fsp3) is 0.909. The highest BCUT2D eigenvalue weighted by molar-refractivity contribution is 5.74. The van der Waals surface area contributed by atoms with Crippen LogP contribution in [0.4, 0.5) is 0 Å². The first kappa shape index (κ1) is 10.5. The molecule has 4 aliphatic rings. The Morgan fingerprint density at radius 2 is 1.44 bits per heavy atom. The van der Waals surface area contributed by atoms with Crippen molar-refractivity contribution in [3.63, 3.8) is 0 Å². The Labute approximate surface area is 93.7 Å². The molecule has 0 aromatic rings. The van der Waals surface area contributed by atoms with Gasteiger partial charge >= 0.3 is 0 Å². The van der Waals surface area contributed by atoms with E-state index in [0.717, 1.165) is 0 Å². The van der Waals surface area contributed by atoms with E-state index in [1.165, 1.54) is 6.92 Å². The first-order valence-corrected chi connectivity index (χ1v) is 5.85. The third-order valence-electron chi connectivity index (χ3n) is 4.65. The second-order valence-electron chi connectivity index (χ2n) is 5.33. The minimum atomic E-state index is -0.640. The summed E-state index contributed by atoms with van der Waals surface area (Å²) >= 11 is 0. The average molecular weight is 227 g/mol. The Kier molecular flexibility index (Phi) is 2.09. The first-order chi connectivity index (χ1) is 7.52. The van der Waals surface area contributed by atoms with Crippen molar-refractivity contribution in [2.24, 2.45) is 11.8 Å². The number of carbonyl (C=O) groups excluding carboxylic acids is 1. The zero-order valence-electron chi connectivity index (χ0n) is 9.15. The fourth-order valence-corrected chi connectivity index (χ4v) is 3.96. The molecule has 4 rings (SSSR count). The monoisotopic (exact) mass is 227 g/mol. The highest BCUT2D eigenvalue weighted by Gasteiger charge is 2.60. The molecule has 4 bridgehead atoms. The van der Waals surface area contributed by atoms with E-state index < -0.39 is 18.3 Å². The number of hydrogen-bond acceptors (Lipinski definition) is 4. The Morgan fingerprint density at radius 3 is 1.81 bits per heavy atom. The largest absolute Gasteiger partial charge is 0.392 e. The maximum absolute atomic E-state index is 11.5. The quantitative estimate of drug-likeness (QED) is 0.481. The average Bonchev–Trinajstić information content (AvgIpc) is 2.21. The summed E-state index contributed by atoms with van der Waals surface area (Å²) in [6.45, 7) is 1.47. The normalized spacial score (nSPS) is 54.5. The third-order valence-corrected chi connectivity index (χ3v) is 4.65. The highest BCUT2D eigenvalue weighted by Crippen LogP contribution is 2.49. The van der Waals surface area contributed by atoms with Crippen molar-refractivity contribution in [3.8, 4) is 0 Å². The predicted octanol–water partition coefficient (Wildman–Crippen LogP) is -1.29. The van der Waals surface area contributed by atoms with Crippen LogP contribution in [0.1, 0.15) is 19.8 Å². The van der Waals surface area contributed by atoms with Gasteiger partial charge in [-0.05, 0) is 12.8 Å². The number of rotatable bonds is 0. The molecule has 0 radical (unpaired) electrons. The molecule has 90 valence electrons. The van der Waals surface area contributed by atoms with Gasteiger partial charge in [-0.1, -0.05) is 0 Å². The Hall–Kier alpha value is -0.650. The van der Waals surface area contributed by atoms with Crippen LogP contribution < -0.4 is 0 Å². The number of carbonyl (C=O) groups is 1. The van der Waals surface area contributed by atoms with Crippen LogP contribution in [-0.4, -0.2) is 56.5 Å². The van der Waals surface area contributed by atoms with Gasteiger partial charge in [-0.15, -0.1) is 0 Å². The van der Waals surface area contributed by atoms with Gasteiger partial charge in [0.1, 0.15) is 0 Å². The van der Waals surface area contributed by atoms with Gasteiger partial charge in [-0.3, -0.25) is 4.79 Å². The lowest BCUT2D eigenvalue weighted by Gasteiger charge is -2.62. The van der Waals surface area contributed by atoms with Gasteiger partial charge in [-0.25, -0.2) is 0 Å². The minimum absolute atomic E-state index is 0.0959. The number of amides is 1. The Balaban J connectivity index is 1.98. The molecule has 2 aliphatic carbocycles. The fourth-order valence-electron chi connectivity index (χ4n) is 3.96. The summed E-state index contributed by atoms with van der Waals surface area (Å²) in [5.41, 5.74) is 0. The lowest BCUT2D eigenvalue weighted by atomic mass is 9.59. The standard InChI is InChI=1S/C11H17NO4/c1-4(13)12-7-2-5-9(14)6(11(7)16)3-8(12)10(5)15/h5-11,14-16H,2-3H2,1H3. The number of aliphatic hydroxyl groups is 3. The van der Waals surface area contributed by atoms with E-state index in [2.05, 4.69) is 0 Å². The molecule has 2 heterocycles. The molecule has 6 unspecified atom stereocenters. The number of piperidine rings is 2. The molecule has 2 saturated heterocycles. The van der Waals surface area contributed by atoms with E-state index in [1.54, 1.807) is 4.90 Å². The van der Waals surface area contributed by atoms with Crippen LogP contribution in [-0.2, 0) is 4.79 Å². The second-order valence-corrected chi connectivity index (χ2v) is 5.33. The van der Waals surface area contributed by atoms with Crippen LogP contribution in [0.25, 0.3) is 0 Å². The van der Waals surface area contributed by atoms with Crippen molar-refractivity contribution in [3.05, 3.63) is 0 Å². The van der Waals surface area contributed by atoms with Crippen LogP contribution in [0.5, 0.6) is 0 Å². The van der Waals surface area contributed by atoms with Gasteiger partial charge in [0.2, 0.25) is 5.91 Å². The van der Waals surface area contributed by atoms with E-state index in [9.17, 15) is 20.1 Å². The zero-order chi connectivity index (χ0) is 11.6. The molecule has 0 aromatic heterocycles. The summed E-state index contributed by atoms with van der Waals surface area (Å²) in [4.78, 5) is 13.2. The number of aliphatic hydroxyl groups excluding tert-OH is 3. The topological polar surface area (TPSA) is 81.0 Å². The van der Waals surface area contributed by atoms with Gasteiger partial charge in [0, 0.05) is 18.8 Å². The van der Waals surface area contributed by atoms with Crippen LogP contribution in [0.15, 0.2) is 0 Å². The zero-order valence-corrected chi connectivity index (χ0v) is 9.15. The molecule has 6 atom stereocenters. The van der Waals surface area contributed by atoms with E-state index >= 15 is 0 Å². The van der Waals surface area contributed by atoms with E-state index in [-0.39, 0.29) is 29.8 Å². The summed E-state index contributed by atoms with van der Waals surface area (Å²) in [6, 6.07) is -0.420. The smallest absolute Gasteiger partial charge is 0.220 e. The molecular formula is C11H17NO4. The van der Waals surface area contributed by atoms with Gasteiger partial charge in [0.25, 0.3) is 0 Å². The maximum Gasteiger partial charge on any atom is 0.220 e. The molecule has 16 heavy (non-hydrogen) atoms. The third kappa shape index (κ3) is 1.08. The van der Waals surface area contributed by atoms with Crippen LogP contribution in [0.2, 0.25) is 0 Å². The highest BCUT2D eigenvalue weighted by atomic mass is 16.3. The summed E-state index contributed by atoms with van der Waals surface area (Å²) < 4.78 is 0. The Morgan fingerprint density at radius 1 is 1.00 bits per heavy atom. The van der Waals surface area contributed by atoms with Gasteiger partial charge in [0.05, 0.1) is 30.4 Å². The van der Waals surface area contributed by atoms with Crippen molar-refractivity contribution < 1.29 is 20.1 Å². The van der Waals surface area contributed by atoms with Crippen molar-refractivity contribution in [1.82, 2.24) is 4.90 Å². The molecule has 4 fully saturated rings. The number of hydrogen-bond donors (Lipinski definition) is 3. The van der Waals surface area contributed by atoms with Crippen molar-refractivity contribution in [2.45, 2.75) is 50.2 Å². The van der Waals surface area contributed by atoms with E-state index in [1.807, 2.05) is 0 Å². The minimum Gasteiger partial charge on any atom is -0.392 e. The summed E-state index contributed by atoms with van der Waals surface area (Å²) in [7, 11) is 0. The molecular weight excluding hydrogens is 210 g/mol. The van der Waals surface area contributed by atoms with Crippen LogP contribution >= 0.6 is 0 Å². The lowest BCUT2D eigenvalue weighted by Crippen LogP contribution is -2.74. The molecule has 1 amide bonds. The second kappa shape index (κ2) is 3.18. The molecule has 2 saturated carbocycles. The van der Waals surface area contributed by atoms with Gasteiger partial charge < -0.3 is 20.2 Å². The molecule has 5 nitrogen and oxygen atoms in total. The summed E-state index contributed by atoms with van der Waals surface area (Å²) in [6.07, 6.45) is -0.879. The lowest BCUT2D eigenvalue weighted by molar-refractivity contribution is -0.229. The molecule has 5 heteroatoms. The SMILES string of the molecule is CC(=O)N1C2CC3C(O)C(CC1C3O)C2O. The van der Waals surface area contributed by atoms with Crippen molar-refractivity contribution in [1.29, 1.82) is 0 Å². The molecule has 0 aromatic carbocycles. The van der Waals surface area contributed by atoms with Crippen molar-refractivity contribution in [2.75, 3.05) is 0 Å². The molecule has 2 aliphatic heterocycles. The van der Waals surface area contributed by atoms with Crippen LogP contribution in [0.3, 0.4) is 0 Å². The maximum atomic E-state index is 11.5. The molecule has 3 N–H and O–H groups in total.